The van der Waals surface area contributed by atoms with E-state index in [-0.39, 0.29) is 23.6 Å². The first kappa shape index (κ1) is 14.7. The Balaban J connectivity index is 2.35. The van der Waals surface area contributed by atoms with E-state index in [1.54, 1.807) is 24.3 Å². The fourth-order valence-electron chi connectivity index (χ4n) is 2.11. The van der Waals surface area contributed by atoms with Crippen LogP contribution in [-0.2, 0) is 11.2 Å². The molecule has 0 aliphatic carbocycles. The molecule has 0 radical (unpaired) electrons. The van der Waals surface area contributed by atoms with Gasteiger partial charge in [0.15, 0.2) is 5.69 Å². The molecule has 2 aromatic rings. The van der Waals surface area contributed by atoms with E-state index in [4.69, 9.17) is 4.52 Å². The number of nitrogens with zero attached hydrogens (tertiary/aromatic N) is 2. The number of hydrogen-bond donors (Lipinski definition) is 1. The van der Waals surface area contributed by atoms with Crippen molar-refractivity contribution in [2.75, 3.05) is 0 Å². The van der Waals surface area contributed by atoms with E-state index >= 15 is 0 Å². The van der Waals surface area contributed by atoms with Crippen LogP contribution in [0.5, 0.6) is 0 Å². The van der Waals surface area contributed by atoms with Gasteiger partial charge in [0, 0.05) is 6.42 Å². The number of carboxylic acid groups (broad SMARTS) is 1. The van der Waals surface area contributed by atoms with E-state index in [9.17, 15) is 20.0 Å². The fraction of sp³-hybridized carbons (Fsp3) is 0.286. The van der Waals surface area contributed by atoms with Crippen molar-refractivity contribution in [1.29, 1.82) is 0 Å². The van der Waals surface area contributed by atoms with Crippen LogP contribution in [0.2, 0.25) is 0 Å². The van der Waals surface area contributed by atoms with Crippen LogP contribution in [0.25, 0.3) is 0 Å². The van der Waals surface area contributed by atoms with Gasteiger partial charge in [-0.25, -0.2) is 0 Å². The van der Waals surface area contributed by atoms with Gasteiger partial charge in [-0.05, 0) is 19.4 Å². The molecule has 1 heterocycles. The Morgan fingerprint density at radius 2 is 2.00 bits per heavy atom. The highest BCUT2D eigenvalue weighted by atomic mass is 16.6. The Labute approximate surface area is 120 Å². The third-order valence-corrected chi connectivity index (χ3v) is 3.25. The van der Waals surface area contributed by atoms with E-state index in [1.807, 2.05) is 6.92 Å². The maximum atomic E-state index is 11.4. The zero-order valence-electron chi connectivity index (χ0n) is 11.6. The number of nitro groups is 1. The highest BCUT2D eigenvalue weighted by Crippen LogP contribution is 2.29. The summed E-state index contributed by atoms with van der Waals surface area (Å²) in [5.74, 6) is -2.01. The van der Waals surface area contributed by atoms with Gasteiger partial charge < -0.3 is 9.63 Å². The first-order valence-electron chi connectivity index (χ1n) is 6.29. The number of carboxylic acids is 1. The fourth-order valence-corrected chi connectivity index (χ4v) is 2.11. The Morgan fingerprint density at radius 3 is 2.52 bits per heavy atom. The lowest BCUT2D eigenvalue weighted by molar-refractivity contribution is -0.386. The molecule has 21 heavy (non-hydrogen) atoms. The minimum absolute atomic E-state index is 0.0227. The molecule has 0 saturated heterocycles. The lowest BCUT2D eigenvalue weighted by Crippen LogP contribution is -2.14. The van der Waals surface area contributed by atoms with E-state index in [0.29, 0.717) is 5.56 Å². The second kappa shape index (κ2) is 5.74. The Hall–Kier alpha value is -2.70. The van der Waals surface area contributed by atoms with Crippen molar-refractivity contribution in [2.24, 2.45) is 0 Å². The molecule has 7 heteroatoms. The van der Waals surface area contributed by atoms with Crippen LogP contribution in [0.4, 0.5) is 5.69 Å². The number of benzene rings is 1. The molecule has 110 valence electrons. The minimum atomic E-state index is -1.07. The maximum absolute atomic E-state index is 11.4. The first-order chi connectivity index (χ1) is 9.90. The van der Waals surface area contributed by atoms with Gasteiger partial charge >= 0.3 is 11.7 Å². The van der Waals surface area contributed by atoms with Crippen molar-refractivity contribution >= 4 is 11.7 Å². The number of carbonyl (C=O) groups is 1. The summed E-state index contributed by atoms with van der Waals surface area (Å²) in [7, 11) is 0. The lowest BCUT2D eigenvalue weighted by atomic mass is 9.93. The van der Waals surface area contributed by atoms with Gasteiger partial charge in [0.25, 0.3) is 0 Å². The number of aliphatic carboxylic acids is 1. The Morgan fingerprint density at radius 1 is 1.38 bits per heavy atom. The molecular formula is C14H14N2O5. The van der Waals surface area contributed by atoms with Gasteiger partial charge in [-0.15, -0.1) is 0 Å². The molecule has 1 atom stereocenters. The predicted octanol–water partition coefficient (Wildman–Crippen LogP) is 2.61. The smallest absolute Gasteiger partial charge is 0.334 e. The largest absolute Gasteiger partial charge is 0.481 e. The molecule has 0 amide bonds. The van der Waals surface area contributed by atoms with Crippen LogP contribution in [-0.4, -0.2) is 21.2 Å². The summed E-state index contributed by atoms with van der Waals surface area (Å²) in [5, 5.41) is 23.9. The molecule has 0 aliphatic rings. The van der Waals surface area contributed by atoms with Gasteiger partial charge in [-0.1, -0.05) is 35.0 Å². The second-order valence-electron chi connectivity index (χ2n) is 4.80. The van der Waals surface area contributed by atoms with Crippen LogP contribution in [0, 0.1) is 24.0 Å². The third-order valence-electron chi connectivity index (χ3n) is 3.25. The van der Waals surface area contributed by atoms with Crippen LogP contribution >= 0.6 is 0 Å². The average Bonchev–Trinajstić information content (AvgIpc) is 2.78. The van der Waals surface area contributed by atoms with Crippen molar-refractivity contribution in [1.82, 2.24) is 5.16 Å². The molecule has 7 nitrogen and oxygen atoms in total. The van der Waals surface area contributed by atoms with Crippen molar-refractivity contribution in [3.05, 3.63) is 57.0 Å². The Kier molecular flexibility index (Phi) is 4.02. The zero-order valence-corrected chi connectivity index (χ0v) is 11.6. The summed E-state index contributed by atoms with van der Waals surface area (Å²) in [6.45, 7) is 3.34. The van der Waals surface area contributed by atoms with Crippen molar-refractivity contribution in [3.8, 4) is 0 Å². The molecule has 1 aromatic heterocycles. The predicted molar refractivity (Wildman–Crippen MR) is 73.2 cm³/mol. The molecule has 0 fully saturated rings. The molecular weight excluding hydrogens is 276 g/mol. The third kappa shape index (κ3) is 3.07. The second-order valence-corrected chi connectivity index (χ2v) is 4.80. The SMILES string of the molecule is Cc1ccc(C(Cc2onc(C)c2[N+](=O)[O-])C(=O)O)cc1. The molecule has 1 aromatic carbocycles. The maximum Gasteiger partial charge on any atom is 0.334 e. The molecule has 1 N–H and O–H groups in total. The van der Waals surface area contributed by atoms with E-state index in [1.165, 1.54) is 6.92 Å². The van der Waals surface area contributed by atoms with Crippen molar-refractivity contribution < 1.29 is 19.3 Å². The van der Waals surface area contributed by atoms with Gasteiger partial charge in [0.1, 0.15) is 0 Å². The topological polar surface area (TPSA) is 106 Å². The summed E-state index contributed by atoms with van der Waals surface area (Å²) in [6, 6.07) is 6.99. The normalized spacial score (nSPS) is 12.1. The minimum Gasteiger partial charge on any atom is -0.481 e. The molecule has 2 rings (SSSR count). The van der Waals surface area contributed by atoms with Gasteiger partial charge in [-0.2, -0.15) is 0 Å². The highest BCUT2D eigenvalue weighted by molar-refractivity contribution is 5.76. The number of rotatable bonds is 5. The number of hydrogen-bond acceptors (Lipinski definition) is 5. The summed E-state index contributed by atoms with van der Waals surface area (Å²) in [6.07, 6.45) is -0.116. The summed E-state index contributed by atoms with van der Waals surface area (Å²) in [4.78, 5) is 21.8. The van der Waals surface area contributed by atoms with Crippen LogP contribution < -0.4 is 0 Å². The summed E-state index contributed by atoms with van der Waals surface area (Å²) in [5.41, 5.74) is 1.46. The molecule has 0 spiro atoms. The standard InChI is InChI=1S/C14H14N2O5/c1-8-3-5-10(6-4-8)11(14(17)18)7-12-13(16(19)20)9(2)15-21-12/h3-6,11H,7H2,1-2H3,(H,17,18). The average molecular weight is 290 g/mol. The van der Waals surface area contributed by atoms with Gasteiger partial charge in [0.2, 0.25) is 5.76 Å². The lowest BCUT2D eigenvalue weighted by Gasteiger charge is -2.11. The van der Waals surface area contributed by atoms with Crippen molar-refractivity contribution in [3.63, 3.8) is 0 Å². The first-order valence-corrected chi connectivity index (χ1v) is 6.29. The summed E-state index contributed by atoms with van der Waals surface area (Å²) >= 11 is 0. The van der Waals surface area contributed by atoms with Crippen LogP contribution in [0.15, 0.2) is 28.8 Å². The monoisotopic (exact) mass is 290 g/mol. The van der Waals surface area contributed by atoms with Gasteiger partial charge in [0.05, 0.1) is 10.8 Å². The molecule has 1 unspecified atom stereocenters. The van der Waals surface area contributed by atoms with E-state index in [0.717, 1.165) is 5.56 Å². The van der Waals surface area contributed by atoms with Gasteiger partial charge in [-0.3, -0.25) is 14.9 Å². The Bertz CT molecular complexity index is 675. The molecule has 0 saturated carbocycles. The van der Waals surface area contributed by atoms with E-state index < -0.39 is 16.8 Å². The van der Waals surface area contributed by atoms with Crippen LogP contribution in [0.3, 0.4) is 0 Å². The summed E-state index contributed by atoms with van der Waals surface area (Å²) < 4.78 is 4.93. The quantitative estimate of drug-likeness (QED) is 0.670. The molecule has 0 bridgehead atoms. The number of aryl methyl sites for hydroxylation is 2. The van der Waals surface area contributed by atoms with Crippen LogP contribution in [0.1, 0.15) is 28.5 Å². The highest BCUT2D eigenvalue weighted by Gasteiger charge is 2.30. The van der Waals surface area contributed by atoms with Crippen molar-refractivity contribution in [2.45, 2.75) is 26.2 Å². The number of aromatic nitrogens is 1. The molecule has 0 aliphatic heterocycles. The van der Waals surface area contributed by atoms with E-state index in [2.05, 4.69) is 5.16 Å². The zero-order chi connectivity index (χ0) is 15.6.